The molecule has 2 aliphatic carbocycles. The minimum Gasteiger partial charge on any atom is -0.329 e. The largest absolute Gasteiger partial charge is 0.329 e. The van der Waals surface area contributed by atoms with Gasteiger partial charge in [-0.3, -0.25) is 14.9 Å². The maximum absolute atomic E-state index is 13.9. The Hall–Kier alpha value is -2.28. The minimum absolute atomic E-state index is 0.0614. The molecular formula is C24H30N4O2S. The van der Waals surface area contributed by atoms with Gasteiger partial charge in [0.2, 0.25) is 11.0 Å². The van der Waals surface area contributed by atoms with E-state index in [9.17, 15) is 9.59 Å². The van der Waals surface area contributed by atoms with E-state index in [0.29, 0.717) is 16.6 Å². The first-order valence-corrected chi connectivity index (χ1v) is 12.4. The van der Waals surface area contributed by atoms with Gasteiger partial charge in [-0.25, -0.2) is 0 Å². The average Bonchev–Trinajstić information content (AvgIpc) is 3.53. The molecule has 1 aromatic heterocycles. The molecule has 2 heterocycles. The number of hydrogen-bond acceptors (Lipinski definition) is 5. The maximum atomic E-state index is 13.9. The molecule has 1 spiro atoms. The predicted molar refractivity (Wildman–Crippen MR) is 121 cm³/mol. The second-order valence-corrected chi connectivity index (χ2v) is 10.3. The van der Waals surface area contributed by atoms with Crippen LogP contribution in [0.3, 0.4) is 0 Å². The summed E-state index contributed by atoms with van der Waals surface area (Å²) in [7, 11) is 0. The Bertz CT molecular complexity index is 993. The van der Waals surface area contributed by atoms with Crippen LogP contribution in [0.1, 0.15) is 98.0 Å². The van der Waals surface area contributed by atoms with Crippen LogP contribution >= 0.6 is 11.3 Å². The van der Waals surface area contributed by atoms with Gasteiger partial charge in [0.25, 0.3) is 5.91 Å². The highest BCUT2D eigenvalue weighted by molar-refractivity contribution is 7.15. The third-order valence-corrected chi connectivity index (χ3v) is 8.35. The number of carbonyl (C=O) groups excluding carboxylic acids is 2. The van der Waals surface area contributed by atoms with Crippen molar-refractivity contribution < 1.29 is 9.59 Å². The predicted octanol–water partition coefficient (Wildman–Crippen LogP) is 5.10. The van der Waals surface area contributed by atoms with Crippen LogP contribution in [-0.2, 0) is 4.79 Å². The molecule has 2 atom stereocenters. The molecule has 1 aliphatic heterocycles. The number of fused-ring (bicyclic) bond motifs is 1. The number of nitrogens with one attached hydrogen (secondary N) is 1. The standard InChI is InChI=1S/C24H30N4O2S/c1-3-15(2)28-22(30)18-10-6-5-9-17(18)19(24(28)13-7-4-8-14-24)20(29)25-23-27-26-21(31-23)16-11-12-16/h5-6,9-10,15-16,19H,3-4,7-8,11-14H2,1-2H3,(H,25,27,29)/t15-,19-/m1/s1. The van der Waals surface area contributed by atoms with E-state index in [2.05, 4.69) is 34.3 Å². The zero-order valence-electron chi connectivity index (χ0n) is 18.3. The van der Waals surface area contributed by atoms with Crippen molar-refractivity contribution >= 4 is 28.3 Å². The number of nitrogens with zero attached hydrogens (tertiary/aromatic N) is 3. The van der Waals surface area contributed by atoms with Crippen molar-refractivity contribution in [3.63, 3.8) is 0 Å². The van der Waals surface area contributed by atoms with E-state index >= 15 is 0 Å². The van der Waals surface area contributed by atoms with Crippen LogP contribution in [0.15, 0.2) is 24.3 Å². The van der Waals surface area contributed by atoms with Gasteiger partial charge in [-0.05, 0) is 50.7 Å². The van der Waals surface area contributed by atoms with Gasteiger partial charge in [-0.2, -0.15) is 0 Å². The molecule has 0 saturated heterocycles. The van der Waals surface area contributed by atoms with Gasteiger partial charge >= 0.3 is 0 Å². The third-order valence-electron chi connectivity index (χ3n) is 7.35. The Kier molecular flexibility index (Phi) is 5.32. The van der Waals surface area contributed by atoms with E-state index in [1.54, 1.807) is 0 Å². The SMILES string of the molecule is CC[C@@H](C)N1C(=O)c2ccccc2[C@H](C(=O)Nc2nnc(C3CC3)s2)C12CCCCC2. The lowest BCUT2D eigenvalue weighted by Gasteiger charge is -2.55. The lowest BCUT2D eigenvalue weighted by molar-refractivity contribution is -0.122. The van der Waals surface area contributed by atoms with E-state index < -0.39 is 11.5 Å². The highest BCUT2D eigenvalue weighted by Crippen LogP contribution is 2.51. The molecule has 1 aromatic carbocycles. The summed E-state index contributed by atoms with van der Waals surface area (Å²) >= 11 is 1.49. The van der Waals surface area contributed by atoms with Gasteiger partial charge in [-0.15, -0.1) is 10.2 Å². The van der Waals surface area contributed by atoms with Crippen molar-refractivity contribution in [3.05, 3.63) is 40.4 Å². The van der Waals surface area contributed by atoms with Gasteiger partial charge in [0, 0.05) is 17.5 Å². The molecule has 2 aromatic rings. The van der Waals surface area contributed by atoms with Crippen molar-refractivity contribution in [3.8, 4) is 0 Å². The molecule has 0 radical (unpaired) electrons. The van der Waals surface area contributed by atoms with E-state index in [4.69, 9.17) is 0 Å². The summed E-state index contributed by atoms with van der Waals surface area (Å²) in [6.07, 6.45) is 8.14. The Balaban J connectivity index is 1.57. The van der Waals surface area contributed by atoms with Gasteiger partial charge in [0.15, 0.2) is 0 Å². The summed E-state index contributed by atoms with van der Waals surface area (Å²) in [6, 6.07) is 7.76. The number of anilines is 1. The topological polar surface area (TPSA) is 75.2 Å². The molecular weight excluding hydrogens is 408 g/mol. The number of rotatable bonds is 5. The number of carbonyl (C=O) groups is 2. The van der Waals surface area contributed by atoms with Crippen LogP contribution in [0.4, 0.5) is 5.13 Å². The first-order chi connectivity index (χ1) is 15.0. The van der Waals surface area contributed by atoms with Crippen LogP contribution in [0.5, 0.6) is 0 Å². The fourth-order valence-corrected chi connectivity index (χ4v) is 6.48. The van der Waals surface area contributed by atoms with Crippen molar-refractivity contribution in [2.75, 3.05) is 5.32 Å². The number of amides is 2. The Morgan fingerprint density at radius 3 is 2.68 bits per heavy atom. The molecule has 2 amide bonds. The molecule has 2 saturated carbocycles. The minimum atomic E-state index is -0.479. The average molecular weight is 439 g/mol. The van der Waals surface area contributed by atoms with E-state index in [0.717, 1.165) is 61.9 Å². The van der Waals surface area contributed by atoms with Crippen LogP contribution < -0.4 is 5.32 Å². The van der Waals surface area contributed by atoms with Crippen molar-refractivity contribution in [2.24, 2.45) is 0 Å². The van der Waals surface area contributed by atoms with Crippen molar-refractivity contribution in [2.45, 2.75) is 88.6 Å². The zero-order valence-corrected chi connectivity index (χ0v) is 19.1. The fourth-order valence-electron chi connectivity index (χ4n) is 5.56. The quantitative estimate of drug-likeness (QED) is 0.705. The molecule has 1 N–H and O–H groups in total. The van der Waals surface area contributed by atoms with Gasteiger partial charge in [0.05, 0.1) is 11.5 Å². The highest BCUT2D eigenvalue weighted by atomic mass is 32.1. The molecule has 0 bridgehead atoms. The molecule has 7 heteroatoms. The molecule has 0 unspecified atom stereocenters. The number of benzene rings is 1. The summed E-state index contributed by atoms with van der Waals surface area (Å²) in [5.74, 6) is 0.127. The van der Waals surface area contributed by atoms with E-state index in [1.165, 1.54) is 11.3 Å². The number of hydrogen-bond donors (Lipinski definition) is 1. The zero-order chi connectivity index (χ0) is 21.6. The van der Waals surface area contributed by atoms with Gasteiger partial charge in [-0.1, -0.05) is 55.7 Å². The monoisotopic (exact) mass is 438 g/mol. The lowest BCUT2D eigenvalue weighted by atomic mass is 9.64. The first-order valence-electron chi connectivity index (χ1n) is 11.6. The Morgan fingerprint density at radius 1 is 1.23 bits per heavy atom. The van der Waals surface area contributed by atoms with E-state index in [-0.39, 0.29) is 17.9 Å². The van der Waals surface area contributed by atoms with E-state index in [1.807, 2.05) is 24.3 Å². The van der Waals surface area contributed by atoms with Crippen LogP contribution in [0, 0.1) is 0 Å². The van der Waals surface area contributed by atoms with Crippen LogP contribution in [0.2, 0.25) is 0 Å². The summed E-state index contributed by atoms with van der Waals surface area (Å²) in [4.78, 5) is 29.6. The second kappa shape index (κ2) is 8.01. The van der Waals surface area contributed by atoms with Gasteiger partial charge < -0.3 is 4.90 Å². The Labute approximate surface area is 187 Å². The molecule has 3 aliphatic rings. The molecule has 164 valence electrons. The van der Waals surface area contributed by atoms with Crippen LogP contribution in [-0.4, -0.2) is 38.5 Å². The van der Waals surface area contributed by atoms with Crippen LogP contribution in [0.25, 0.3) is 0 Å². The fraction of sp³-hybridized carbons (Fsp3) is 0.583. The maximum Gasteiger partial charge on any atom is 0.254 e. The Morgan fingerprint density at radius 2 is 1.97 bits per heavy atom. The van der Waals surface area contributed by atoms with Crippen molar-refractivity contribution in [1.29, 1.82) is 0 Å². The first kappa shape index (κ1) is 20.6. The summed E-state index contributed by atoms with van der Waals surface area (Å²) in [6.45, 7) is 4.23. The van der Waals surface area contributed by atoms with Crippen molar-refractivity contribution in [1.82, 2.24) is 15.1 Å². The molecule has 2 fully saturated rings. The summed E-state index contributed by atoms with van der Waals surface area (Å²) in [5.41, 5.74) is 1.04. The normalized spacial score (nSPS) is 23.5. The smallest absolute Gasteiger partial charge is 0.254 e. The molecule has 5 rings (SSSR count). The number of aromatic nitrogens is 2. The third kappa shape index (κ3) is 3.47. The second-order valence-electron chi connectivity index (χ2n) is 9.33. The molecule has 31 heavy (non-hydrogen) atoms. The molecule has 6 nitrogen and oxygen atoms in total. The van der Waals surface area contributed by atoms with Gasteiger partial charge in [0.1, 0.15) is 5.01 Å². The summed E-state index contributed by atoms with van der Waals surface area (Å²) in [5, 5.41) is 13.2. The summed E-state index contributed by atoms with van der Waals surface area (Å²) < 4.78 is 0. The lowest BCUT2D eigenvalue weighted by Crippen LogP contribution is -2.64. The highest BCUT2D eigenvalue weighted by Gasteiger charge is 2.55.